The van der Waals surface area contributed by atoms with Crippen molar-refractivity contribution in [1.82, 2.24) is 0 Å². The molecule has 2 aromatic carbocycles. The van der Waals surface area contributed by atoms with Crippen LogP contribution in [0.3, 0.4) is 0 Å². The predicted molar refractivity (Wildman–Crippen MR) is 97.5 cm³/mol. The fraction of sp³-hybridized carbons (Fsp3) is 0.278. The monoisotopic (exact) mass is 367 g/mol. The lowest BCUT2D eigenvalue weighted by molar-refractivity contribution is 0.101. The number of anilines is 1. The van der Waals surface area contributed by atoms with Gasteiger partial charge < -0.3 is 14.4 Å². The van der Waals surface area contributed by atoms with Crippen molar-refractivity contribution in [1.29, 1.82) is 0 Å². The number of rotatable bonds is 6. The van der Waals surface area contributed by atoms with Crippen LogP contribution in [0.4, 0.5) is 10.5 Å². The second kappa shape index (κ2) is 8.81. The highest BCUT2D eigenvalue weighted by atomic mass is 35.5. The lowest BCUT2D eigenvalue weighted by atomic mass is 10.2. The third-order valence-electron chi connectivity index (χ3n) is 3.42. The summed E-state index contributed by atoms with van der Waals surface area (Å²) >= 11 is 11.7. The van der Waals surface area contributed by atoms with Crippen molar-refractivity contribution in [3.8, 4) is 5.75 Å². The number of hydrogen-bond donors (Lipinski definition) is 0. The molecule has 0 saturated heterocycles. The number of halogens is 2. The predicted octanol–water partition coefficient (Wildman–Crippen LogP) is 5.34. The molecule has 0 aromatic heterocycles. The number of hydrogen-bond acceptors (Lipinski definition) is 4. The largest absolute Gasteiger partial charge is 0.513 e. The molecule has 0 saturated carbocycles. The van der Waals surface area contributed by atoms with Crippen LogP contribution in [0.5, 0.6) is 5.75 Å². The summed E-state index contributed by atoms with van der Waals surface area (Å²) in [7, 11) is 0. The molecule has 0 N–H and O–H groups in total. The molecule has 2 aromatic rings. The standard InChI is InChI=1S/C18H19Cl2NO3/c1-3-21(15-6-4-5-13(2)11-15)9-10-23-18(22)24-17-8-7-14(19)12-16(17)20/h4-8,11-12H,3,9-10H2,1-2H3. The van der Waals surface area contributed by atoms with E-state index in [0.717, 1.165) is 12.2 Å². The molecule has 0 aliphatic rings. The van der Waals surface area contributed by atoms with E-state index in [2.05, 4.69) is 11.0 Å². The van der Waals surface area contributed by atoms with Gasteiger partial charge >= 0.3 is 6.16 Å². The summed E-state index contributed by atoms with van der Waals surface area (Å²) in [6.45, 7) is 5.69. The van der Waals surface area contributed by atoms with E-state index in [9.17, 15) is 4.79 Å². The topological polar surface area (TPSA) is 38.8 Å². The third-order valence-corrected chi connectivity index (χ3v) is 3.95. The maximum absolute atomic E-state index is 11.8. The molecular weight excluding hydrogens is 349 g/mol. The Balaban J connectivity index is 1.85. The van der Waals surface area contributed by atoms with Crippen molar-refractivity contribution in [3.05, 3.63) is 58.1 Å². The third kappa shape index (κ3) is 5.32. The molecule has 0 atom stereocenters. The van der Waals surface area contributed by atoms with Crippen LogP contribution in [0, 0.1) is 6.92 Å². The van der Waals surface area contributed by atoms with E-state index in [0.29, 0.717) is 11.6 Å². The van der Waals surface area contributed by atoms with Crippen molar-refractivity contribution in [2.75, 3.05) is 24.6 Å². The minimum atomic E-state index is -0.792. The number of carbonyl (C=O) groups excluding carboxylic acids is 1. The molecule has 0 heterocycles. The Morgan fingerprint density at radius 2 is 1.96 bits per heavy atom. The van der Waals surface area contributed by atoms with Crippen molar-refractivity contribution >= 4 is 35.0 Å². The molecule has 24 heavy (non-hydrogen) atoms. The average molecular weight is 368 g/mol. The van der Waals surface area contributed by atoms with Crippen LogP contribution in [-0.4, -0.2) is 25.9 Å². The summed E-state index contributed by atoms with van der Waals surface area (Å²) in [4.78, 5) is 13.9. The van der Waals surface area contributed by atoms with E-state index < -0.39 is 6.16 Å². The highest BCUT2D eigenvalue weighted by molar-refractivity contribution is 6.35. The Morgan fingerprint density at radius 3 is 2.62 bits per heavy atom. The summed E-state index contributed by atoms with van der Waals surface area (Å²) in [5.41, 5.74) is 2.28. The molecule has 0 amide bonds. The first kappa shape index (κ1) is 18.4. The van der Waals surface area contributed by atoms with Crippen LogP contribution in [0.25, 0.3) is 0 Å². The maximum atomic E-state index is 11.8. The summed E-state index contributed by atoms with van der Waals surface area (Å²) in [5.74, 6) is 0.220. The SMILES string of the molecule is CCN(CCOC(=O)Oc1ccc(Cl)cc1Cl)c1cccc(C)c1. The first-order valence-corrected chi connectivity index (χ1v) is 8.36. The second-order valence-electron chi connectivity index (χ2n) is 5.19. The van der Waals surface area contributed by atoms with Crippen molar-refractivity contribution in [2.24, 2.45) is 0 Å². The molecule has 0 radical (unpaired) electrons. The lowest BCUT2D eigenvalue weighted by Gasteiger charge is -2.23. The molecule has 2 rings (SSSR count). The summed E-state index contributed by atoms with van der Waals surface area (Å²) in [5, 5.41) is 0.729. The fourth-order valence-corrected chi connectivity index (χ4v) is 2.66. The van der Waals surface area contributed by atoms with E-state index in [1.165, 1.54) is 17.7 Å². The molecule has 4 nitrogen and oxygen atoms in total. The number of aryl methyl sites for hydroxylation is 1. The highest BCUT2D eigenvalue weighted by Crippen LogP contribution is 2.27. The van der Waals surface area contributed by atoms with Crippen molar-refractivity contribution < 1.29 is 14.3 Å². The zero-order valence-electron chi connectivity index (χ0n) is 13.6. The van der Waals surface area contributed by atoms with Gasteiger partial charge in [-0.15, -0.1) is 0 Å². The molecule has 0 aliphatic heterocycles. The summed E-state index contributed by atoms with van der Waals surface area (Å²) in [6.07, 6.45) is -0.792. The van der Waals surface area contributed by atoms with Gasteiger partial charge in [0, 0.05) is 17.3 Å². The second-order valence-corrected chi connectivity index (χ2v) is 6.04. The number of ether oxygens (including phenoxy) is 2. The molecule has 0 bridgehead atoms. The Morgan fingerprint density at radius 1 is 1.17 bits per heavy atom. The van der Waals surface area contributed by atoms with Crippen LogP contribution in [0.15, 0.2) is 42.5 Å². The minimum absolute atomic E-state index is 0.214. The Hall–Kier alpha value is -1.91. The van der Waals surface area contributed by atoms with E-state index >= 15 is 0 Å². The number of likely N-dealkylation sites (N-methyl/N-ethyl adjacent to an activating group) is 1. The molecule has 128 valence electrons. The lowest BCUT2D eigenvalue weighted by Crippen LogP contribution is -2.28. The number of benzene rings is 2. The smallest absolute Gasteiger partial charge is 0.432 e. The highest BCUT2D eigenvalue weighted by Gasteiger charge is 2.11. The van der Waals surface area contributed by atoms with Crippen LogP contribution in [0.2, 0.25) is 10.0 Å². The molecule has 0 fully saturated rings. The first-order valence-electron chi connectivity index (χ1n) is 7.61. The fourth-order valence-electron chi connectivity index (χ4n) is 2.21. The van der Waals surface area contributed by atoms with Gasteiger partial charge in [-0.3, -0.25) is 0 Å². The van der Waals surface area contributed by atoms with Crippen molar-refractivity contribution in [3.63, 3.8) is 0 Å². The van der Waals surface area contributed by atoms with Gasteiger partial charge in [0.25, 0.3) is 0 Å². The van der Waals surface area contributed by atoms with Gasteiger partial charge in [-0.05, 0) is 49.7 Å². The zero-order chi connectivity index (χ0) is 17.5. The van der Waals surface area contributed by atoms with E-state index in [4.69, 9.17) is 32.7 Å². The van der Waals surface area contributed by atoms with Gasteiger partial charge in [0.1, 0.15) is 6.61 Å². The van der Waals surface area contributed by atoms with Gasteiger partial charge in [-0.25, -0.2) is 4.79 Å². The maximum Gasteiger partial charge on any atom is 0.513 e. The van der Waals surface area contributed by atoms with Gasteiger partial charge in [0.15, 0.2) is 5.75 Å². The number of nitrogens with zero attached hydrogens (tertiary/aromatic N) is 1. The zero-order valence-corrected chi connectivity index (χ0v) is 15.1. The minimum Gasteiger partial charge on any atom is -0.432 e. The molecular formula is C18H19Cl2NO3. The molecule has 0 aliphatic carbocycles. The normalized spacial score (nSPS) is 10.3. The Labute approximate surface area is 151 Å². The molecule has 0 spiro atoms. The quantitative estimate of drug-likeness (QED) is 0.509. The van der Waals surface area contributed by atoms with Crippen LogP contribution in [-0.2, 0) is 4.74 Å². The molecule has 0 unspecified atom stereocenters. The van der Waals surface area contributed by atoms with Crippen LogP contribution in [0.1, 0.15) is 12.5 Å². The van der Waals surface area contributed by atoms with Crippen LogP contribution >= 0.6 is 23.2 Å². The van der Waals surface area contributed by atoms with Gasteiger partial charge in [0.2, 0.25) is 0 Å². The Kier molecular flexibility index (Phi) is 6.76. The van der Waals surface area contributed by atoms with Crippen LogP contribution < -0.4 is 9.64 Å². The number of carbonyl (C=O) groups is 1. The van der Waals surface area contributed by atoms with E-state index in [-0.39, 0.29) is 17.4 Å². The summed E-state index contributed by atoms with van der Waals surface area (Å²) in [6, 6.07) is 12.8. The van der Waals surface area contributed by atoms with Gasteiger partial charge in [-0.1, -0.05) is 35.3 Å². The Bertz CT molecular complexity index is 706. The van der Waals surface area contributed by atoms with Gasteiger partial charge in [-0.2, -0.15) is 0 Å². The van der Waals surface area contributed by atoms with E-state index in [1.54, 1.807) is 6.07 Å². The summed E-state index contributed by atoms with van der Waals surface area (Å²) < 4.78 is 10.2. The van der Waals surface area contributed by atoms with Crippen molar-refractivity contribution in [2.45, 2.75) is 13.8 Å². The molecule has 6 heteroatoms. The first-order chi connectivity index (χ1) is 11.5. The average Bonchev–Trinajstić information content (AvgIpc) is 2.54. The van der Waals surface area contributed by atoms with Gasteiger partial charge in [0.05, 0.1) is 11.6 Å². The van der Waals surface area contributed by atoms with E-state index in [1.807, 2.05) is 32.0 Å².